The van der Waals surface area contributed by atoms with Crippen molar-refractivity contribution in [2.24, 2.45) is 17.5 Å². The number of nitrogens with one attached hydrogen (secondary N) is 2. The van der Waals surface area contributed by atoms with Crippen LogP contribution in [0.1, 0.15) is 57.5 Å². The van der Waals surface area contributed by atoms with Crippen LogP contribution in [0.5, 0.6) is 0 Å². The molecule has 0 aliphatic rings. The number of aromatic nitrogens is 2. The van der Waals surface area contributed by atoms with Gasteiger partial charge in [0.2, 0.25) is 0 Å². The molecule has 1 heterocycles. The largest absolute Gasteiger partial charge is 0.356 e. The maximum absolute atomic E-state index is 4.49. The van der Waals surface area contributed by atoms with Gasteiger partial charge in [0, 0.05) is 32.4 Å². The van der Waals surface area contributed by atoms with Crippen LogP contribution < -0.4 is 10.6 Å². The van der Waals surface area contributed by atoms with Gasteiger partial charge < -0.3 is 10.6 Å². The van der Waals surface area contributed by atoms with Gasteiger partial charge in [-0.25, -0.2) is 0 Å². The third kappa shape index (κ3) is 6.63. The summed E-state index contributed by atoms with van der Waals surface area (Å²) in [5.74, 6) is 0.880. The van der Waals surface area contributed by atoms with Gasteiger partial charge in [-0.15, -0.1) is 0 Å². The first kappa shape index (κ1) is 19.5. The zero-order valence-corrected chi connectivity index (χ0v) is 16.2. The Balaban J connectivity index is 2.46. The molecule has 0 saturated carbocycles. The second kappa shape index (κ2) is 8.37. The molecule has 0 spiro atoms. The second-order valence-electron chi connectivity index (χ2n) is 7.69. The summed E-state index contributed by atoms with van der Waals surface area (Å²) in [5, 5.41) is 11.4. The number of aliphatic imine (C=N–C) groups is 1. The molecule has 2 N–H and O–H groups in total. The zero-order valence-electron chi connectivity index (χ0n) is 16.2. The number of hydrogen-bond acceptors (Lipinski definition) is 2. The Morgan fingerprint density at radius 3 is 2.43 bits per heavy atom. The normalized spacial score (nSPS) is 14.0. The molecular formula is C18H35N5. The summed E-state index contributed by atoms with van der Waals surface area (Å²) in [5.41, 5.74) is 4.08. The number of rotatable bonds is 6. The van der Waals surface area contributed by atoms with E-state index in [9.17, 15) is 0 Å². The maximum atomic E-state index is 4.49. The third-order valence-corrected chi connectivity index (χ3v) is 4.17. The molecule has 0 bridgehead atoms. The average molecular weight is 322 g/mol. The lowest BCUT2D eigenvalue weighted by Crippen LogP contribution is -2.43. The van der Waals surface area contributed by atoms with Gasteiger partial charge in [-0.1, -0.05) is 20.8 Å². The fourth-order valence-corrected chi connectivity index (χ4v) is 2.72. The molecule has 5 nitrogen and oxygen atoms in total. The minimum absolute atomic E-state index is 0.311. The van der Waals surface area contributed by atoms with Crippen LogP contribution in [0.15, 0.2) is 4.99 Å². The number of aryl methyl sites for hydroxylation is 2. The van der Waals surface area contributed by atoms with E-state index < -0.39 is 0 Å². The Morgan fingerprint density at radius 2 is 1.96 bits per heavy atom. The molecule has 23 heavy (non-hydrogen) atoms. The molecule has 1 atom stereocenters. The number of hydrogen-bond donors (Lipinski definition) is 2. The smallest absolute Gasteiger partial charge is 0.191 e. The van der Waals surface area contributed by atoms with E-state index in [1.54, 1.807) is 0 Å². The Hall–Kier alpha value is -1.52. The van der Waals surface area contributed by atoms with Crippen LogP contribution in [-0.4, -0.2) is 35.4 Å². The third-order valence-electron chi connectivity index (χ3n) is 4.17. The summed E-state index contributed by atoms with van der Waals surface area (Å²) >= 11 is 0. The molecule has 5 heteroatoms. The first-order valence-electron chi connectivity index (χ1n) is 8.60. The highest BCUT2D eigenvalue weighted by atomic mass is 15.3. The molecule has 1 rings (SSSR count). The molecule has 1 aromatic heterocycles. The van der Waals surface area contributed by atoms with E-state index >= 15 is 0 Å². The Bertz CT molecular complexity index is 522. The molecular weight excluding hydrogens is 286 g/mol. The molecule has 0 amide bonds. The quantitative estimate of drug-likeness (QED) is 0.481. The van der Waals surface area contributed by atoms with Crippen LogP contribution in [0.25, 0.3) is 0 Å². The van der Waals surface area contributed by atoms with Crippen LogP contribution in [0, 0.1) is 19.3 Å². The van der Waals surface area contributed by atoms with E-state index in [0.29, 0.717) is 11.5 Å². The molecule has 0 aromatic carbocycles. The Kier molecular flexibility index (Phi) is 7.10. The summed E-state index contributed by atoms with van der Waals surface area (Å²) in [6.45, 7) is 14.2. The molecule has 1 aromatic rings. The number of nitrogens with zero attached hydrogens (tertiary/aromatic N) is 3. The fourth-order valence-electron chi connectivity index (χ4n) is 2.72. The monoisotopic (exact) mass is 321 g/mol. The van der Waals surface area contributed by atoms with Crippen molar-refractivity contribution in [3.63, 3.8) is 0 Å². The highest BCUT2D eigenvalue weighted by Crippen LogP contribution is 2.19. The van der Waals surface area contributed by atoms with E-state index in [-0.39, 0.29) is 0 Å². The standard InChI is InChI=1S/C18H35N5/c1-13(12-16-14(2)22-23(8)15(16)3)21-17(19-7)20-11-9-10-18(4,5)6/h13H,9-12H2,1-8H3,(H2,19,20,21). The van der Waals surface area contributed by atoms with E-state index in [2.05, 4.69) is 62.3 Å². The van der Waals surface area contributed by atoms with Gasteiger partial charge in [0.15, 0.2) is 5.96 Å². The Labute approximate surface area is 142 Å². The minimum atomic E-state index is 0.311. The van der Waals surface area contributed by atoms with Crippen LogP contribution in [0.2, 0.25) is 0 Å². The van der Waals surface area contributed by atoms with E-state index in [4.69, 9.17) is 0 Å². The van der Waals surface area contributed by atoms with Crippen molar-refractivity contribution in [3.8, 4) is 0 Å². The highest BCUT2D eigenvalue weighted by molar-refractivity contribution is 5.79. The van der Waals surface area contributed by atoms with Gasteiger partial charge in [-0.3, -0.25) is 9.67 Å². The summed E-state index contributed by atoms with van der Waals surface area (Å²) in [6, 6.07) is 0.311. The highest BCUT2D eigenvalue weighted by Gasteiger charge is 2.14. The summed E-state index contributed by atoms with van der Waals surface area (Å²) < 4.78 is 1.96. The molecule has 0 aliphatic carbocycles. The lowest BCUT2D eigenvalue weighted by Gasteiger charge is -2.20. The van der Waals surface area contributed by atoms with Crippen molar-refractivity contribution in [3.05, 3.63) is 17.0 Å². The van der Waals surface area contributed by atoms with E-state index in [1.807, 2.05) is 18.8 Å². The second-order valence-corrected chi connectivity index (χ2v) is 7.69. The lowest BCUT2D eigenvalue weighted by molar-refractivity contribution is 0.365. The van der Waals surface area contributed by atoms with Crippen molar-refractivity contribution in [2.75, 3.05) is 13.6 Å². The summed E-state index contributed by atoms with van der Waals surface area (Å²) in [6.07, 6.45) is 3.31. The SMILES string of the molecule is CN=C(NCCCC(C)(C)C)NC(C)Cc1c(C)nn(C)c1C. The summed E-state index contributed by atoms with van der Waals surface area (Å²) in [7, 11) is 3.83. The predicted molar refractivity (Wildman–Crippen MR) is 99.0 cm³/mol. The van der Waals surface area contributed by atoms with Crippen LogP contribution in [0.3, 0.4) is 0 Å². The van der Waals surface area contributed by atoms with Crippen LogP contribution >= 0.6 is 0 Å². The van der Waals surface area contributed by atoms with Gasteiger partial charge in [0.25, 0.3) is 0 Å². The first-order valence-corrected chi connectivity index (χ1v) is 8.60. The van der Waals surface area contributed by atoms with Gasteiger partial charge in [0.1, 0.15) is 0 Å². The van der Waals surface area contributed by atoms with Crippen molar-refractivity contribution in [1.82, 2.24) is 20.4 Å². The van der Waals surface area contributed by atoms with Crippen molar-refractivity contribution >= 4 is 5.96 Å². The Morgan fingerprint density at radius 1 is 1.30 bits per heavy atom. The van der Waals surface area contributed by atoms with Gasteiger partial charge in [-0.2, -0.15) is 5.10 Å². The predicted octanol–water partition coefficient (Wildman–Crippen LogP) is 2.96. The summed E-state index contributed by atoms with van der Waals surface area (Å²) in [4.78, 5) is 4.33. The van der Waals surface area contributed by atoms with Gasteiger partial charge >= 0.3 is 0 Å². The minimum Gasteiger partial charge on any atom is -0.356 e. The van der Waals surface area contributed by atoms with Gasteiger partial charge in [-0.05, 0) is 51.0 Å². The zero-order chi connectivity index (χ0) is 17.6. The fraction of sp³-hybridized carbons (Fsp3) is 0.778. The molecule has 1 unspecified atom stereocenters. The van der Waals surface area contributed by atoms with Crippen LogP contribution in [-0.2, 0) is 13.5 Å². The van der Waals surface area contributed by atoms with Crippen molar-refractivity contribution in [1.29, 1.82) is 0 Å². The topological polar surface area (TPSA) is 54.2 Å². The maximum Gasteiger partial charge on any atom is 0.191 e. The average Bonchev–Trinajstić information content (AvgIpc) is 2.67. The molecule has 0 aliphatic heterocycles. The molecule has 0 radical (unpaired) electrons. The molecule has 0 saturated heterocycles. The molecule has 0 fully saturated rings. The number of guanidine groups is 1. The van der Waals surface area contributed by atoms with Gasteiger partial charge in [0.05, 0.1) is 5.69 Å². The van der Waals surface area contributed by atoms with Crippen LogP contribution in [0.4, 0.5) is 0 Å². The van der Waals surface area contributed by atoms with Crippen molar-refractivity contribution in [2.45, 2.75) is 66.8 Å². The van der Waals surface area contributed by atoms with Crippen molar-refractivity contribution < 1.29 is 0 Å². The first-order chi connectivity index (χ1) is 10.6. The van der Waals surface area contributed by atoms with E-state index in [1.165, 1.54) is 17.7 Å². The molecule has 132 valence electrons. The lowest BCUT2D eigenvalue weighted by atomic mass is 9.91. The van der Waals surface area contributed by atoms with E-state index in [0.717, 1.165) is 31.0 Å².